The second kappa shape index (κ2) is 7.06. The van der Waals surface area contributed by atoms with Crippen molar-refractivity contribution in [3.05, 3.63) is 28.2 Å². The molecule has 1 unspecified atom stereocenters. The van der Waals surface area contributed by atoms with Gasteiger partial charge in [0.15, 0.2) is 0 Å². The van der Waals surface area contributed by atoms with Crippen LogP contribution in [0.25, 0.3) is 0 Å². The van der Waals surface area contributed by atoms with E-state index in [1.165, 1.54) is 0 Å². The molecule has 1 aromatic carbocycles. The Hall–Kier alpha value is -1.11. The zero-order chi connectivity index (χ0) is 14.5. The molecule has 0 amide bonds. The highest BCUT2D eigenvalue weighted by Crippen LogP contribution is 2.30. The van der Waals surface area contributed by atoms with Crippen molar-refractivity contribution in [3.8, 4) is 5.75 Å². The molecule has 1 aromatic rings. The topological polar surface area (TPSA) is 61.8 Å². The summed E-state index contributed by atoms with van der Waals surface area (Å²) in [4.78, 5) is 13.6. The van der Waals surface area contributed by atoms with E-state index in [1.807, 2.05) is 30.0 Å². The molecule has 2 N–H and O–H groups in total. The van der Waals surface area contributed by atoms with E-state index < -0.39 is 12.0 Å². The van der Waals surface area contributed by atoms with E-state index in [0.717, 1.165) is 42.0 Å². The maximum Gasteiger partial charge on any atom is 0.325 e. The van der Waals surface area contributed by atoms with Crippen molar-refractivity contribution in [3.63, 3.8) is 0 Å². The Bertz CT molecular complexity index is 475. The average Bonchev–Trinajstić information content (AvgIpc) is 2.43. The molecule has 1 atom stereocenters. The van der Waals surface area contributed by atoms with Gasteiger partial charge in [-0.25, -0.2) is 0 Å². The molecular weight excluding hydrogens is 324 g/mol. The van der Waals surface area contributed by atoms with Crippen LogP contribution in [0.15, 0.2) is 22.7 Å². The quantitative estimate of drug-likeness (QED) is 0.855. The summed E-state index contributed by atoms with van der Waals surface area (Å²) in [6, 6.07) is 4.88. The summed E-state index contributed by atoms with van der Waals surface area (Å²) in [7, 11) is 0. The van der Waals surface area contributed by atoms with Crippen molar-refractivity contribution in [2.24, 2.45) is 0 Å². The predicted octanol–water partition coefficient (Wildman–Crippen LogP) is 1.88. The number of halogens is 1. The van der Waals surface area contributed by atoms with Crippen LogP contribution in [0, 0.1) is 0 Å². The molecule has 0 radical (unpaired) electrons. The summed E-state index contributed by atoms with van der Waals surface area (Å²) >= 11 is 3.44. The number of hydrogen-bond donors (Lipinski definition) is 2. The minimum Gasteiger partial charge on any atom is -0.493 e. The Morgan fingerprint density at radius 1 is 1.50 bits per heavy atom. The number of rotatable bonds is 5. The van der Waals surface area contributed by atoms with Crippen LogP contribution in [-0.4, -0.2) is 48.8 Å². The summed E-state index contributed by atoms with van der Waals surface area (Å²) in [6.45, 7) is 5.62. The molecule has 6 heteroatoms. The second-order valence-electron chi connectivity index (χ2n) is 4.65. The smallest absolute Gasteiger partial charge is 0.325 e. The van der Waals surface area contributed by atoms with Crippen molar-refractivity contribution < 1.29 is 14.6 Å². The molecular formula is C14H19BrN2O3. The lowest BCUT2D eigenvalue weighted by Gasteiger charge is -2.32. The number of nitrogens with one attached hydrogen (secondary N) is 1. The molecule has 2 rings (SSSR count). The first-order valence-electron chi connectivity index (χ1n) is 6.73. The maximum absolute atomic E-state index is 11.6. The SMILES string of the molecule is CCOc1ccc(C(C(=O)O)N2CCNCC2)cc1Br. The molecule has 1 heterocycles. The number of hydrogen-bond acceptors (Lipinski definition) is 4. The number of benzene rings is 1. The van der Waals surface area contributed by atoms with E-state index in [1.54, 1.807) is 0 Å². The molecule has 5 nitrogen and oxygen atoms in total. The number of nitrogens with zero attached hydrogens (tertiary/aromatic N) is 1. The number of carboxylic acids is 1. The van der Waals surface area contributed by atoms with Gasteiger partial charge in [0.1, 0.15) is 11.8 Å². The van der Waals surface area contributed by atoms with Gasteiger partial charge in [-0.15, -0.1) is 0 Å². The Kier molecular flexibility index (Phi) is 5.39. The van der Waals surface area contributed by atoms with Gasteiger partial charge >= 0.3 is 5.97 Å². The standard InChI is InChI=1S/C14H19BrN2O3/c1-2-20-12-4-3-10(9-11(12)15)13(14(18)19)17-7-5-16-6-8-17/h3-4,9,13,16H,2,5-8H2,1H3,(H,18,19). The van der Waals surface area contributed by atoms with Crippen molar-refractivity contribution in [1.82, 2.24) is 10.2 Å². The lowest BCUT2D eigenvalue weighted by Crippen LogP contribution is -2.47. The van der Waals surface area contributed by atoms with Gasteiger partial charge in [-0.2, -0.15) is 0 Å². The Labute approximate surface area is 127 Å². The summed E-state index contributed by atoms with van der Waals surface area (Å²) in [6.07, 6.45) is 0. The van der Waals surface area contributed by atoms with Crippen LogP contribution in [0.1, 0.15) is 18.5 Å². The van der Waals surface area contributed by atoms with Crippen LogP contribution in [0.4, 0.5) is 0 Å². The molecule has 0 bridgehead atoms. The van der Waals surface area contributed by atoms with Crippen LogP contribution < -0.4 is 10.1 Å². The number of carbonyl (C=O) groups is 1. The zero-order valence-electron chi connectivity index (χ0n) is 11.4. The van der Waals surface area contributed by atoms with Crippen LogP contribution in [0.3, 0.4) is 0 Å². The first kappa shape index (κ1) is 15.3. The van der Waals surface area contributed by atoms with Gasteiger partial charge in [-0.1, -0.05) is 6.07 Å². The van der Waals surface area contributed by atoms with Crippen molar-refractivity contribution in [2.75, 3.05) is 32.8 Å². The first-order valence-corrected chi connectivity index (χ1v) is 7.52. The molecule has 1 aliphatic rings. The van der Waals surface area contributed by atoms with Gasteiger partial charge in [0.25, 0.3) is 0 Å². The van der Waals surface area contributed by atoms with Gasteiger partial charge in [0, 0.05) is 26.2 Å². The highest BCUT2D eigenvalue weighted by molar-refractivity contribution is 9.10. The first-order chi connectivity index (χ1) is 9.63. The van der Waals surface area contributed by atoms with E-state index in [4.69, 9.17) is 4.74 Å². The Morgan fingerprint density at radius 2 is 2.20 bits per heavy atom. The third kappa shape index (κ3) is 3.50. The number of carboxylic acid groups (broad SMARTS) is 1. The maximum atomic E-state index is 11.6. The minimum atomic E-state index is -0.817. The van der Waals surface area contributed by atoms with Gasteiger partial charge in [0.2, 0.25) is 0 Å². The fourth-order valence-electron chi connectivity index (χ4n) is 2.41. The lowest BCUT2D eigenvalue weighted by molar-refractivity contribution is -0.143. The second-order valence-corrected chi connectivity index (χ2v) is 5.50. The Morgan fingerprint density at radius 3 is 2.75 bits per heavy atom. The Balaban J connectivity index is 2.25. The monoisotopic (exact) mass is 342 g/mol. The van der Waals surface area contributed by atoms with E-state index in [-0.39, 0.29) is 0 Å². The summed E-state index contributed by atoms with van der Waals surface area (Å²) in [5.74, 6) is -0.0799. The fraction of sp³-hybridized carbons (Fsp3) is 0.500. The third-order valence-corrected chi connectivity index (χ3v) is 3.94. The molecule has 0 spiro atoms. The average molecular weight is 343 g/mol. The number of piperazine rings is 1. The highest BCUT2D eigenvalue weighted by Gasteiger charge is 2.28. The molecule has 0 aliphatic carbocycles. The number of aliphatic carboxylic acids is 1. The molecule has 110 valence electrons. The summed E-state index contributed by atoms with van der Waals surface area (Å²) in [5, 5.41) is 12.8. The third-order valence-electron chi connectivity index (χ3n) is 3.32. The zero-order valence-corrected chi connectivity index (χ0v) is 13.0. The van der Waals surface area contributed by atoms with E-state index in [0.29, 0.717) is 6.61 Å². The van der Waals surface area contributed by atoms with Gasteiger partial charge in [-0.3, -0.25) is 9.69 Å². The molecule has 1 aliphatic heterocycles. The van der Waals surface area contributed by atoms with E-state index in [2.05, 4.69) is 21.2 Å². The van der Waals surface area contributed by atoms with Gasteiger partial charge in [-0.05, 0) is 40.5 Å². The van der Waals surface area contributed by atoms with Crippen LogP contribution in [-0.2, 0) is 4.79 Å². The minimum absolute atomic E-state index is 0.581. The van der Waals surface area contributed by atoms with Crippen LogP contribution in [0.5, 0.6) is 5.75 Å². The summed E-state index contributed by atoms with van der Waals surface area (Å²) < 4.78 is 6.25. The van der Waals surface area contributed by atoms with Crippen LogP contribution in [0.2, 0.25) is 0 Å². The lowest BCUT2D eigenvalue weighted by atomic mass is 10.0. The molecule has 20 heavy (non-hydrogen) atoms. The molecule has 0 saturated carbocycles. The van der Waals surface area contributed by atoms with Gasteiger partial charge < -0.3 is 15.2 Å². The predicted molar refractivity (Wildman–Crippen MR) is 80.1 cm³/mol. The molecule has 0 aromatic heterocycles. The van der Waals surface area contributed by atoms with Crippen molar-refractivity contribution >= 4 is 21.9 Å². The normalized spacial score (nSPS) is 17.7. The van der Waals surface area contributed by atoms with Crippen molar-refractivity contribution in [2.45, 2.75) is 13.0 Å². The number of ether oxygens (including phenoxy) is 1. The van der Waals surface area contributed by atoms with Crippen LogP contribution >= 0.6 is 15.9 Å². The van der Waals surface area contributed by atoms with E-state index >= 15 is 0 Å². The highest BCUT2D eigenvalue weighted by atomic mass is 79.9. The van der Waals surface area contributed by atoms with Gasteiger partial charge in [0.05, 0.1) is 11.1 Å². The largest absolute Gasteiger partial charge is 0.493 e. The molecule has 1 fully saturated rings. The fourth-order valence-corrected chi connectivity index (χ4v) is 2.92. The van der Waals surface area contributed by atoms with E-state index in [9.17, 15) is 9.90 Å². The van der Waals surface area contributed by atoms with Crippen molar-refractivity contribution in [1.29, 1.82) is 0 Å². The molecule has 1 saturated heterocycles. The summed E-state index contributed by atoms with van der Waals surface area (Å²) in [5.41, 5.74) is 0.773.